The first-order valence-electron chi connectivity index (χ1n) is 7.10. The van der Waals surface area contributed by atoms with E-state index in [-0.39, 0.29) is 24.8 Å². The monoisotopic (exact) mass is 376 g/mol. The second-order valence-corrected chi connectivity index (χ2v) is 5.09. The van der Waals surface area contributed by atoms with Crippen LogP contribution in [0, 0.1) is 6.92 Å². The molecule has 0 saturated carbocycles. The first-order valence-corrected chi connectivity index (χ1v) is 7.10. The molecule has 2 heterocycles. The summed E-state index contributed by atoms with van der Waals surface area (Å²) in [5.41, 5.74) is 5.96. The maximum Gasteiger partial charge on any atom is 0.328 e. The molecule has 8 heteroatoms. The van der Waals surface area contributed by atoms with Crippen molar-refractivity contribution in [3.63, 3.8) is 0 Å². The predicted octanol–water partition coefficient (Wildman–Crippen LogP) is -5.20. The number of allylic oxidation sites excluding steroid dienone is 3. The molecule has 0 atom stereocenters. The van der Waals surface area contributed by atoms with E-state index >= 15 is 0 Å². The highest BCUT2D eigenvalue weighted by Gasteiger charge is 2.24. The van der Waals surface area contributed by atoms with Crippen molar-refractivity contribution < 1.29 is 34.6 Å². The lowest BCUT2D eigenvalue weighted by Crippen LogP contribution is -3.00. The summed E-state index contributed by atoms with van der Waals surface area (Å²) in [5.74, 6) is 5.53. The van der Waals surface area contributed by atoms with Gasteiger partial charge in [-0.25, -0.2) is 10.8 Å². The highest BCUT2D eigenvalue weighted by Crippen LogP contribution is 2.21. The summed E-state index contributed by atoms with van der Waals surface area (Å²) < 4.78 is 0. The molecule has 1 aromatic heterocycles. The first-order chi connectivity index (χ1) is 11.2. The SMILES string of the molecule is Cc1ccc(-c2nc(C3=CC=[N+]C=C3)c(C(=O)NN)c[nH+]2)cc1.[Cl-].[Cl-]. The number of nitrogens with two attached hydrogens (primary N) is 1. The van der Waals surface area contributed by atoms with E-state index < -0.39 is 5.91 Å². The van der Waals surface area contributed by atoms with Crippen molar-refractivity contribution in [2.45, 2.75) is 6.92 Å². The molecule has 1 amide bonds. The van der Waals surface area contributed by atoms with Gasteiger partial charge in [0, 0.05) is 17.7 Å². The third kappa shape index (κ3) is 4.51. The van der Waals surface area contributed by atoms with Crippen LogP contribution >= 0.6 is 0 Å². The smallest absolute Gasteiger partial charge is 0.328 e. The number of hydrogen-bond donors (Lipinski definition) is 2. The van der Waals surface area contributed by atoms with Crippen molar-refractivity contribution in [1.82, 2.24) is 15.4 Å². The van der Waals surface area contributed by atoms with E-state index in [1.807, 2.05) is 31.2 Å². The Labute approximate surface area is 157 Å². The summed E-state index contributed by atoms with van der Waals surface area (Å²) in [6, 6.07) is 7.98. The van der Waals surface area contributed by atoms with Gasteiger partial charge in [0.1, 0.15) is 11.8 Å². The zero-order valence-corrected chi connectivity index (χ0v) is 14.8. The van der Waals surface area contributed by atoms with Gasteiger partial charge in [0.15, 0.2) is 5.69 Å². The molecule has 1 aliphatic rings. The standard InChI is InChI=1S/C17H15N5O.2ClH/c1-11-2-4-13(5-3-11)16-20-10-14(17(23)22-18)15(21-16)12-6-8-19-9-7-12;;/h2-10H,18H2,1H3,(H,22,23);2*1H/q+1;;/p-1. The average Bonchev–Trinajstić information content (AvgIpc) is 2.62. The molecule has 129 valence electrons. The lowest BCUT2D eigenvalue weighted by Gasteiger charge is -2.04. The van der Waals surface area contributed by atoms with Crippen molar-refractivity contribution >= 4 is 17.7 Å². The largest absolute Gasteiger partial charge is 1.00 e. The number of rotatable bonds is 3. The Balaban J connectivity index is 0.00000156. The van der Waals surface area contributed by atoms with E-state index in [4.69, 9.17) is 5.84 Å². The van der Waals surface area contributed by atoms with Gasteiger partial charge < -0.3 is 24.8 Å². The van der Waals surface area contributed by atoms with Gasteiger partial charge >= 0.3 is 5.82 Å². The van der Waals surface area contributed by atoms with Crippen molar-refractivity contribution in [1.29, 1.82) is 0 Å². The van der Waals surface area contributed by atoms with Crippen LogP contribution in [-0.4, -0.2) is 17.1 Å². The molecule has 0 fully saturated rings. The summed E-state index contributed by atoms with van der Waals surface area (Å²) in [4.78, 5) is 23.7. The summed E-state index contributed by atoms with van der Waals surface area (Å²) in [5, 5.41) is 0. The third-order valence-corrected chi connectivity index (χ3v) is 3.49. The first kappa shape index (κ1) is 20.5. The zero-order valence-electron chi connectivity index (χ0n) is 13.3. The van der Waals surface area contributed by atoms with Gasteiger partial charge in [0.25, 0.3) is 5.91 Å². The fourth-order valence-corrected chi connectivity index (χ4v) is 2.25. The number of halogens is 2. The van der Waals surface area contributed by atoms with E-state index in [2.05, 4.69) is 20.4 Å². The van der Waals surface area contributed by atoms with Gasteiger partial charge in [-0.05, 0) is 24.0 Å². The van der Waals surface area contributed by atoms with E-state index in [0.29, 0.717) is 17.1 Å². The maximum atomic E-state index is 12.0. The van der Waals surface area contributed by atoms with Crippen molar-refractivity contribution in [2.75, 3.05) is 0 Å². The lowest BCUT2D eigenvalue weighted by molar-refractivity contribution is -0.369. The molecule has 1 aromatic carbocycles. The number of aliphatic imine (C=N–C) groups is 1. The zero-order chi connectivity index (χ0) is 16.2. The minimum Gasteiger partial charge on any atom is -1.00 e. The van der Waals surface area contributed by atoms with E-state index in [0.717, 1.165) is 11.1 Å². The molecule has 0 unspecified atom stereocenters. The molecule has 3 rings (SSSR count). The minimum atomic E-state index is -0.406. The van der Waals surface area contributed by atoms with Crippen LogP contribution in [0.1, 0.15) is 21.6 Å². The van der Waals surface area contributed by atoms with Crippen molar-refractivity contribution in [2.24, 2.45) is 5.84 Å². The van der Waals surface area contributed by atoms with Crippen LogP contribution in [0.5, 0.6) is 0 Å². The Bertz CT molecular complexity index is 845. The predicted molar refractivity (Wildman–Crippen MR) is 87.9 cm³/mol. The number of aromatic nitrogens is 2. The highest BCUT2D eigenvalue weighted by molar-refractivity contribution is 6.01. The molecular formula is C17H16Cl2N5O. The van der Waals surface area contributed by atoms with Gasteiger partial charge in [0.2, 0.25) is 12.4 Å². The number of hydrazine groups is 1. The summed E-state index contributed by atoms with van der Waals surface area (Å²) >= 11 is 0. The van der Waals surface area contributed by atoms with Gasteiger partial charge in [-0.15, -0.1) is 0 Å². The van der Waals surface area contributed by atoms with E-state index in [1.165, 1.54) is 5.56 Å². The van der Waals surface area contributed by atoms with Crippen molar-refractivity contribution in [3.8, 4) is 11.4 Å². The molecule has 0 spiro atoms. The number of benzene rings is 1. The second-order valence-electron chi connectivity index (χ2n) is 5.09. The Hall–Kier alpha value is -2.54. The highest BCUT2D eigenvalue weighted by atomic mass is 35.5. The number of amides is 1. The summed E-state index contributed by atoms with van der Waals surface area (Å²) in [6.45, 7) is 2.03. The van der Waals surface area contributed by atoms with Crippen LogP contribution in [0.25, 0.3) is 17.0 Å². The van der Waals surface area contributed by atoms with E-state index in [1.54, 1.807) is 30.8 Å². The molecule has 0 aliphatic carbocycles. The molecule has 6 nitrogen and oxygen atoms in total. The summed E-state index contributed by atoms with van der Waals surface area (Å²) in [7, 11) is 0. The Morgan fingerprint density at radius 1 is 1.24 bits per heavy atom. The fourth-order valence-electron chi connectivity index (χ4n) is 2.25. The number of nitrogens with zero attached hydrogens (tertiary/aromatic N) is 2. The molecular weight excluding hydrogens is 361 g/mol. The summed E-state index contributed by atoms with van der Waals surface area (Å²) in [6.07, 6.45) is 8.52. The minimum absolute atomic E-state index is 0. The topological polar surface area (TPSA) is 96.2 Å². The number of aromatic amines is 1. The van der Waals surface area contributed by atoms with Gasteiger partial charge in [0.05, 0.1) is 10.6 Å². The van der Waals surface area contributed by atoms with Crippen LogP contribution in [0.2, 0.25) is 0 Å². The van der Waals surface area contributed by atoms with Crippen molar-refractivity contribution in [3.05, 3.63) is 65.6 Å². The van der Waals surface area contributed by atoms with Gasteiger partial charge in [-0.2, -0.15) is 0 Å². The molecule has 1 aliphatic heterocycles. The number of hydrogen-bond acceptors (Lipinski definition) is 4. The number of carbonyl (C=O) groups excluding carboxylic acids is 1. The number of H-pyrrole nitrogens is 1. The molecule has 0 bridgehead atoms. The molecule has 1 radical (unpaired) electrons. The van der Waals surface area contributed by atoms with Crippen LogP contribution in [0.3, 0.4) is 0 Å². The van der Waals surface area contributed by atoms with Crippen LogP contribution in [0.15, 0.2) is 48.8 Å². The average molecular weight is 377 g/mol. The van der Waals surface area contributed by atoms with Crippen LogP contribution in [0.4, 0.5) is 0 Å². The third-order valence-electron chi connectivity index (χ3n) is 3.49. The number of nitrogen functional groups attached to an aromatic ring is 1. The van der Waals surface area contributed by atoms with E-state index in [9.17, 15) is 4.79 Å². The Morgan fingerprint density at radius 3 is 2.56 bits per heavy atom. The molecule has 2 aromatic rings. The lowest BCUT2D eigenvalue weighted by atomic mass is 10.0. The number of aryl methyl sites for hydroxylation is 1. The quantitative estimate of drug-likeness (QED) is 0.318. The molecule has 0 saturated heterocycles. The number of carbonyl (C=O) groups is 1. The Morgan fingerprint density at radius 2 is 1.96 bits per heavy atom. The maximum absolute atomic E-state index is 12.0. The van der Waals surface area contributed by atoms with Crippen LogP contribution < -0.4 is 46.1 Å². The molecule has 25 heavy (non-hydrogen) atoms. The van der Waals surface area contributed by atoms with Gasteiger partial charge in [-0.3, -0.25) is 10.2 Å². The fraction of sp³-hybridized carbons (Fsp3) is 0.0588. The van der Waals surface area contributed by atoms with Gasteiger partial charge in [-0.1, -0.05) is 17.7 Å². The molecule has 4 N–H and O–H groups in total. The number of nitrogens with one attached hydrogen (secondary N) is 2. The second kappa shape index (κ2) is 9.08. The normalized spacial score (nSPS) is 11.8. The Kier molecular flexibility index (Phi) is 7.44. The van der Waals surface area contributed by atoms with Crippen LogP contribution in [-0.2, 0) is 0 Å².